The molecule has 0 aliphatic rings. The molecule has 1 aromatic rings. The van der Waals surface area contributed by atoms with Crippen molar-refractivity contribution < 1.29 is 4.79 Å². The Balaban J connectivity index is 2.48. The Morgan fingerprint density at radius 2 is 2.31 bits per heavy atom. The van der Waals surface area contributed by atoms with Crippen molar-refractivity contribution in [2.45, 2.75) is 45.2 Å². The molecule has 5 nitrogen and oxygen atoms in total. The highest BCUT2D eigenvalue weighted by molar-refractivity contribution is 5.76. The average molecular weight is 224 g/mol. The summed E-state index contributed by atoms with van der Waals surface area (Å²) in [5, 5.41) is 2.92. The van der Waals surface area contributed by atoms with E-state index in [0.717, 1.165) is 18.7 Å². The maximum Gasteiger partial charge on any atom is 0.222 e. The molecule has 0 aromatic carbocycles. The second-order valence-electron chi connectivity index (χ2n) is 3.88. The summed E-state index contributed by atoms with van der Waals surface area (Å²) in [5.74, 6) is 0.776. The molecule has 0 fully saturated rings. The maximum atomic E-state index is 11.6. The first-order valence-corrected chi connectivity index (χ1v) is 5.71. The summed E-state index contributed by atoms with van der Waals surface area (Å²) < 4.78 is 0. The van der Waals surface area contributed by atoms with Crippen LogP contribution in [-0.4, -0.2) is 21.9 Å². The van der Waals surface area contributed by atoms with Gasteiger partial charge in [-0.2, -0.15) is 0 Å². The quantitative estimate of drug-likeness (QED) is 0.676. The van der Waals surface area contributed by atoms with Gasteiger partial charge in [0, 0.05) is 24.9 Å². The number of nitrogens with two attached hydrogens (primary N) is 1. The molecule has 0 radical (unpaired) electrons. The largest absolute Gasteiger partial charge is 0.347 e. The van der Waals surface area contributed by atoms with E-state index in [9.17, 15) is 4.79 Å². The minimum Gasteiger partial charge on any atom is -0.347 e. The maximum absolute atomic E-state index is 11.6. The van der Waals surface area contributed by atoms with Crippen LogP contribution >= 0.6 is 0 Å². The lowest BCUT2D eigenvalue weighted by Crippen LogP contribution is -2.34. The van der Waals surface area contributed by atoms with E-state index >= 15 is 0 Å². The first kappa shape index (κ1) is 12.7. The van der Waals surface area contributed by atoms with Crippen LogP contribution in [0.5, 0.6) is 0 Å². The molecule has 4 N–H and O–H groups in total. The number of nitrogens with one attached hydrogen (secondary N) is 2. The Hall–Kier alpha value is -1.36. The lowest BCUT2D eigenvalue weighted by molar-refractivity contribution is -0.122. The molecule has 1 heterocycles. The van der Waals surface area contributed by atoms with Crippen molar-refractivity contribution in [2.24, 2.45) is 5.73 Å². The number of rotatable bonds is 6. The van der Waals surface area contributed by atoms with Gasteiger partial charge in [0.25, 0.3) is 0 Å². The minimum atomic E-state index is -0.0610. The average Bonchev–Trinajstić information content (AvgIpc) is 2.79. The second kappa shape index (κ2) is 6.27. The summed E-state index contributed by atoms with van der Waals surface area (Å²) >= 11 is 0. The van der Waals surface area contributed by atoms with Crippen LogP contribution in [0.1, 0.15) is 45.0 Å². The lowest BCUT2D eigenvalue weighted by atomic mass is 10.1. The predicted octanol–water partition coefficient (Wildman–Crippen LogP) is 1.10. The summed E-state index contributed by atoms with van der Waals surface area (Å²) in [6, 6.07) is -0.110. The minimum absolute atomic E-state index is 0.0161. The van der Waals surface area contributed by atoms with Gasteiger partial charge in [0.05, 0.1) is 6.04 Å². The Bertz CT molecular complexity index is 310. The van der Waals surface area contributed by atoms with Gasteiger partial charge in [-0.15, -0.1) is 0 Å². The van der Waals surface area contributed by atoms with E-state index in [-0.39, 0.29) is 18.0 Å². The van der Waals surface area contributed by atoms with Crippen LogP contribution in [0.3, 0.4) is 0 Å². The molecule has 90 valence electrons. The van der Waals surface area contributed by atoms with Crippen molar-refractivity contribution in [3.8, 4) is 0 Å². The van der Waals surface area contributed by atoms with E-state index in [1.807, 2.05) is 13.8 Å². The summed E-state index contributed by atoms with van der Waals surface area (Å²) in [5.41, 5.74) is 5.73. The first-order chi connectivity index (χ1) is 7.67. The van der Waals surface area contributed by atoms with Gasteiger partial charge in [-0.05, 0) is 12.8 Å². The van der Waals surface area contributed by atoms with Gasteiger partial charge in [-0.25, -0.2) is 4.98 Å². The molecule has 0 spiro atoms. The Morgan fingerprint density at radius 3 is 2.81 bits per heavy atom. The Kier molecular flexibility index (Phi) is 4.98. The Labute approximate surface area is 95.8 Å². The van der Waals surface area contributed by atoms with Gasteiger partial charge in [0.2, 0.25) is 5.91 Å². The van der Waals surface area contributed by atoms with Crippen LogP contribution in [0, 0.1) is 0 Å². The van der Waals surface area contributed by atoms with Crippen LogP contribution in [0.15, 0.2) is 12.4 Å². The van der Waals surface area contributed by atoms with E-state index in [2.05, 4.69) is 15.3 Å². The molecular weight excluding hydrogens is 204 g/mol. The van der Waals surface area contributed by atoms with Crippen molar-refractivity contribution in [1.82, 2.24) is 15.3 Å². The van der Waals surface area contributed by atoms with Gasteiger partial charge >= 0.3 is 0 Å². The van der Waals surface area contributed by atoms with Gasteiger partial charge < -0.3 is 16.0 Å². The second-order valence-corrected chi connectivity index (χ2v) is 3.88. The SMILES string of the molecule is CCC(N)CC(=O)NC(CC)c1ncc[nH]1. The standard InChI is InChI=1S/C11H20N4O/c1-3-8(12)7-10(16)15-9(4-2)11-13-5-6-14-11/h5-6,8-9H,3-4,7,12H2,1-2H3,(H,13,14)(H,15,16). The predicted molar refractivity (Wildman–Crippen MR) is 62.6 cm³/mol. The summed E-state index contributed by atoms with van der Waals surface area (Å²) in [7, 11) is 0. The van der Waals surface area contributed by atoms with Gasteiger partial charge in [-0.1, -0.05) is 13.8 Å². The fourth-order valence-corrected chi connectivity index (χ4v) is 1.47. The number of carbonyl (C=O) groups excluding carboxylic acids is 1. The number of aromatic nitrogens is 2. The first-order valence-electron chi connectivity index (χ1n) is 5.71. The third-order valence-corrected chi connectivity index (χ3v) is 2.56. The number of aromatic amines is 1. The zero-order valence-corrected chi connectivity index (χ0v) is 9.86. The number of hydrogen-bond acceptors (Lipinski definition) is 3. The van der Waals surface area contributed by atoms with E-state index in [0.29, 0.717) is 6.42 Å². The highest BCUT2D eigenvalue weighted by Gasteiger charge is 2.15. The van der Waals surface area contributed by atoms with E-state index in [4.69, 9.17) is 5.73 Å². The van der Waals surface area contributed by atoms with Crippen molar-refractivity contribution in [3.63, 3.8) is 0 Å². The van der Waals surface area contributed by atoms with Gasteiger partial charge in [0.15, 0.2) is 0 Å². The number of amides is 1. The van der Waals surface area contributed by atoms with Crippen molar-refractivity contribution in [3.05, 3.63) is 18.2 Å². The van der Waals surface area contributed by atoms with Gasteiger partial charge in [-0.3, -0.25) is 4.79 Å². The molecule has 0 aliphatic heterocycles. The molecule has 16 heavy (non-hydrogen) atoms. The zero-order chi connectivity index (χ0) is 12.0. The van der Waals surface area contributed by atoms with Crippen molar-refractivity contribution in [1.29, 1.82) is 0 Å². The normalized spacial score (nSPS) is 14.4. The topological polar surface area (TPSA) is 83.8 Å². The number of nitrogens with zero attached hydrogens (tertiary/aromatic N) is 1. The third kappa shape index (κ3) is 3.66. The van der Waals surface area contributed by atoms with Crippen molar-refractivity contribution >= 4 is 5.91 Å². The molecule has 0 saturated carbocycles. The molecule has 5 heteroatoms. The monoisotopic (exact) mass is 224 g/mol. The molecule has 1 amide bonds. The van der Waals surface area contributed by atoms with Crippen LogP contribution in [0.25, 0.3) is 0 Å². The summed E-state index contributed by atoms with van der Waals surface area (Å²) in [4.78, 5) is 18.8. The summed E-state index contributed by atoms with van der Waals surface area (Å²) in [6.07, 6.45) is 5.42. The van der Waals surface area contributed by atoms with Crippen LogP contribution in [0.4, 0.5) is 0 Å². The smallest absolute Gasteiger partial charge is 0.222 e. The molecule has 2 unspecified atom stereocenters. The molecule has 1 rings (SSSR count). The van der Waals surface area contributed by atoms with Gasteiger partial charge in [0.1, 0.15) is 5.82 Å². The lowest BCUT2D eigenvalue weighted by Gasteiger charge is -2.16. The molecule has 0 bridgehead atoms. The van der Waals surface area contributed by atoms with Crippen LogP contribution in [-0.2, 0) is 4.79 Å². The summed E-state index contributed by atoms with van der Waals surface area (Å²) in [6.45, 7) is 3.98. The highest BCUT2D eigenvalue weighted by atomic mass is 16.1. The van der Waals surface area contributed by atoms with E-state index < -0.39 is 0 Å². The van der Waals surface area contributed by atoms with E-state index in [1.54, 1.807) is 12.4 Å². The van der Waals surface area contributed by atoms with E-state index in [1.165, 1.54) is 0 Å². The molecule has 0 aliphatic carbocycles. The fraction of sp³-hybridized carbons (Fsp3) is 0.636. The number of H-pyrrole nitrogens is 1. The van der Waals surface area contributed by atoms with Crippen LogP contribution in [0.2, 0.25) is 0 Å². The molecular formula is C11H20N4O. The number of hydrogen-bond donors (Lipinski definition) is 3. The highest BCUT2D eigenvalue weighted by Crippen LogP contribution is 2.11. The number of imidazole rings is 1. The molecule has 2 atom stereocenters. The Morgan fingerprint density at radius 1 is 1.56 bits per heavy atom. The zero-order valence-electron chi connectivity index (χ0n) is 9.86. The molecule has 1 aromatic heterocycles. The van der Waals surface area contributed by atoms with Crippen LogP contribution < -0.4 is 11.1 Å². The fourth-order valence-electron chi connectivity index (χ4n) is 1.47. The van der Waals surface area contributed by atoms with Crippen molar-refractivity contribution in [2.75, 3.05) is 0 Å². The molecule has 0 saturated heterocycles. The third-order valence-electron chi connectivity index (χ3n) is 2.56. The number of carbonyl (C=O) groups is 1.